The first-order valence-corrected chi connectivity index (χ1v) is 13.2. The third kappa shape index (κ3) is 5.71. The summed E-state index contributed by atoms with van der Waals surface area (Å²) in [5.41, 5.74) is 1.28. The molecule has 1 saturated heterocycles. The van der Waals surface area contributed by atoms with E-state index in [1.54, 1.807) is 36.1 Å². The maximum atomic E-state index is 13.8. The molecule has 1 atom stereocenters. The molecule has 0 radical (unpaired) electrons. The molecule has 10 heteroatoms. The number of nitrogens with zero attached hydrogens (tertiary/aromatic N) is 3. The van der Waals surface area contributed by atoms with Crippen LogP contribution < -0.4 is 9.47 Å². The van der Waals surface area contributed by atoms with Gasteiger partial charge in [0.1, 0.15) is 6.61 Å². The van der Waals surface area contributed by atoms with Crippen LogP contribution in [0.15, 0.2) is 42.2 Å². The molecule has 1 N–H and O–H groups in total. The second-order valence-electron chi connectivity index (χ2n) is 8.83. The maximum Gasteiger partial charge on any atom is 0.290 e. The van der Waals surface area contributed by atoms with E-state index < -0.39 is 23.5 Å². The first-order chi connectivity index (χ1) is 17.8. The van der Waals surface area contributed by atoms with Crippen molar-refractivity contribution in [2.45, 2.75) is 26.8 Å². The molecule has 1 aromatic carbocycles. The van der Waals surface area contributed by atoms with Crippen LogP contribution in [-0.2, 0) is 9.53 Å². The van der Waals surface area contributed by atoms with Gasteiger partial charge in [-0.3, -0.25) is 14.5 Å². The van der Waals surface area contributed by atoms with Crippen LogP contribution >= 0.6 is 11.3 Å². The van der Waals surface area contributed by atoms with Crippen LogP contribution in [0.1, 0.15) is 38.9 Å². The molecule has 9 nitrogen and oxygen atoms in total. The molecule has 0 bridgehead atoms. The highest BCUT2D eigenvalue weighted by Crippen LogP contribution is 2.42. The molecular formula is C27H33N3O6S. The van der Waals surface area contributed by atoms with Crippen molar-refractivity contribution in [3.05, 3.63) is 63.3 Å². The molecule has 2 aliphatic heterocycles. The monoisotopic (exact) mass is 527 g/mol. The van der Waals surface area contributed by atoms with Gasteiger partial charge in [0.25, 0.3) is 5.91 Å². The number of benzene rings is 1. The predicted molar refractivity (Wildman–Crippen MR) is 141 cm³/mol. The third-order valence-corrected chi connectivity index (χ3v) is 7.43. The molecule has 198 valence electrons. The number of hydrogen-bond acceptors (Lipinski definition) is 9. The summed E-state index contributed by atoms with van der Waals surface area (Å²) in [6.07, 6.45) is 1.64. The number of ketones is 1. The molecule has 1 amide bonds. The average Bonchev–Trinajstić information content (AvgIpc) is 3.37. The van der Waals surface area contributed by atoms with Crippen LogP contribution in [0.2, 0.25) is 0 Å². The Kier molecular flexibility index (Phi) is 8.63. The molecule has 37 heavy (non-hydrogen) atoms. The lowest BCUT2D eigenvalue weighted by atomic mass is 9.94. The van der Waals surface area contributed by atoms with Crippen molar-refractivity contribution in [2.75, 3.05) is 52.6 Å². The van der Waals surface area contributed by atoms with Gasteiger partial charge in [-0.25, -0.2) is 4.98 Å². The van der Waals surface area contributed by atoms with Gasteiger partial charge >= 0.3 is 0 Å². The highest BCUT2D eigenvalue weighted by atomic mass is 32.1. The number of ether oxygens (including phenoxy) is 3. The number of morpholine rings is 1. The summed E-state index contributed by atoms with van der Waals surface area (Å²) >= 11 is 1.26. The Morgan fingerprint density at radius 2 is 2.00 bits per heavy atom. The van der Waals surface area contributed by atoms with Crippen molar-refractivity contribution < 1.29 is 28.9 Å². The van der Waals surface area contributed by atoms with Gasteiger partial charge in [-0.05, 0) is 38.5 Å². The zero-order chi connectivity index (χ0) is 26.5. The maximum absolute atomic E-state index is 13.8. The van der Waals surface area contributed by atoms with Gasteiger partial charge in [0.05, 0.1) is 47.0 Å². The van der Waals surface area contributed by atoms with Crippen LogP contribution in [0.5, 0.6) is 11.5 Å². The van der Waals surface area contributed by atoms with Crippen LogP contribution in [0, 0.1) is 13.8 Å². The van der Waals surface area contributed by atoms with Gasteiger partial charge in [0, 0.05) is 26.2 Å². The number of rotatable bonds is 11. The van der Waals surface area contributed by atoms with Gasteiger partial charge < -0.3 is 24.2 Å². The first kappa shape index (κ1) is 26.8. The molecule has 2 aliphatic rings. The minimum Gasteiger partial charge on any atom is -0.503 e. The molecule has 1 unspecified atom stereocenters. The standard InChI is InChI=1S/C27H33N3O6S/c1-5-13-36-20-8-7-19(16-21(20)35-6-2)23-22(24(31)26-17(3)28-18(4)37-26)25(32)27(33)30(23)10-9-29-11-14-34-15-12-29/h5,7-8,16,23,32H,1,6,9-15H2,2-4H3. The molecule has 0 spiro atoms. The molecule has 0 saturated carbocycles. The fraction of sp³-hybridized carbons (Fsp3) is 0.444. The molecule has 0 aliphatic carbocycles. The number of carbonyl (C=O) groups excluding carboxylic acids is 2. The van der Waals surface area contributed by atoms with Crippen molar-refractivity contribution in [3.8, 4) is 11.5 Å². The molecule has 4 rings (SSSR count). The lowest BCUT2D eigenvalue weighted by molar-refractivity contribution is -0.129. The number of Topliss-reactive ketones (excluding diaryl/α,β-unsaturated/α-hetero) is 1. The fourth-order valence-corrected chi connectivity index (χ4v) is 5.51. The number of hydrogen-bond donors (Lipinski definition) is 1. The number of aromatic nitrogens is 1. The van der Waals surface area contributed by atoms with Gasteiger partial charge in [-0.2, -0.15) is 0 Å². The highest BCUT2D eigenvalue weighted by molar-refractivity contribution is 7.14. The number of aryl methyl sites for hydroxylation is 2. The summed E-state index contributed by atoms with van der Waals surface area (Å²) < 4.78 is 17.0. The van der Waals surface area contributed by atoms with Crippen molar-refractivity contribution in [1.82, 2.24) is 14.8 Å². The van der Waals surface area contributed by atoms with E-state index in [4.69, 9.17) is 14.2 Å². The van der Waals surface area contributed by atoms with E-state index in [0.717, 1.165) is 18.1 Å². The van der Waals surface area contributed by atoms with E-state index in [1.165, 1.54) is 11.3 Å². The summed E-state index contributed by atoms with van der Waals surface area (Å²) in [6, 6.07) is 4.55. The van der Waals surface area contributed by atoms with Gasteiger partial charge in [-0.1, -0.05) is 18.7 Å². The fourth-order valence-electron chi connectivity index (χ4n) is 4.63. The Bertz CT molecular complexity index is 1200. The summed E-state index contributed by atoms with van der Waals surface area (Å²) in [6.45, 7) is 13.6. The normalized spacial score (nSPS) is 18.4. The molecule has 3 heterocycles. The Balaban J connectivity index is 1.74. The Hall–Kier alpha value is -3.21. The highest BCUT2D eigenvalue weighted by Gasteiger charge is 2.44. The number of thiazole rings is 1. The number of carbonyl (C=O) groups is 2. The van der Waals surface area contributed by atoms with Gasteiger partial charge in [-0.15, -0.1) is 11.3 Å². The summed E-state index contributed by atoms with van der Waals surface area (Å²) in [5.74, 6) is -0.453. The lowest BCUT2D eigenvalue weighted by Crippen LogP contribution is -2.43. The van der Waals surface area contributed by atoms with E-state index in [-0.39, 0.29) is 5.57 Å². The van der Waals surface area contributed by atoms with Crippen molar-refractivity contribution >= 4 is 23.0 Å². The van der Waals surface area contributed by atoms with Crippen molar-refractivity contribution in [2.24, 2.45) is 0 Å². The second kappa shape index (κ2) is 11.9. The third-order valence-electron chi connectivity index (χ3n) is 6.36. The summed E-state index contributed by atoms with van der Waals surface area (Å²) in [7, 11) is 0. The lowest BCUT2D eigenvalue weighted by Gasteiger charge is -2.32. The van der Waals surface area contributed by atoms with Crippen LogP contribution in [-0.4, -0.2) is 84.2 Å². The predicted octanol–water partition coefficient (Wildman–Crippen LogP) is 3.63. The van der Waals surface area contributed by atoms with Crippen LogP contribution in [0.25, 0.3) is 0 Å². The number of aliphatic hydroxyl groups excluding tert-OH is 1. The topological polar surface area (TPSA) is 101 Å². The van der Waals surface area contributed by atoms with E-state index in [1.807, 2.05) is 13.8 Å². The minimum absolute atomic E-state index is 0.0564. The van der Waals surface area contributed by atoms with E-state index in [9.17, 15) is 14.7 Å². The second-order valence-corrected chi connectivity index (χ2v) is 10.0. The molecule has 2 aromatic rings. The SMILES string of the molecule is C=CCOc1ccc(C2C(C(=O)c3sc(C)nc3C)=C(O)C(=O)N2CCN2CCOCC2)cc1OCC. The Labute approximate surface area is 221 Å². The number of aliphatic hydroxyl groups is 1. The van der Waals surface area contributed by atoms with E-state index in [2.05, 4.69) is 16.5 Å². The average molecular weight is 528 g/mol. The van der Waals surface area contributed by atoms with Crippen LogP contribution in [0.4, 0.5) is 0 Å². The zero-order valence-corrected chi connectivity index (χ0v) is 22.3. The number of amides is 1. The minimum atomic E-state index is -0.782. The molecule has 1 fully saturated rings. The first-order valence-electron chi connectivity index (χ1n) is 12.4. The summed E-state index contributed by atoms with van der Waals surface area (Å²) in [5, 5.41) is 11.8. The summed E-state index contributed by atoms with van der Waals surface area (Å²) in [4.78, 5) is 35.7. The zero-order valence-electron chi connectivity index (χ0n) is 21.5. The molecule has 1 aromatic heterocycles. The quantitative estimate of drug-likeness (QED) is 0.349. The van der Waals surface area contributed by atoms with E-state index >= 15 is 0 Å². The van der Waals surface area contributed by atoms with E-state index in [0.29, 0.717) is 67.2 Å². The largest absolute Gasteiger partial charge is 0.503 e. The van der Waals surface area contributed by atoms with Gasteiger partial charge in [0.2, 0.25) is 5.78 Å². The Morgan fingerprint density at radius 1 is 1.24 bits per heavy atom. The van der Waals surface area contributed by atoms with Gasteiger partial charge in [0.15, 0.2) is 17.3 Å². The van der Waals surface area contributed by atoms with Crippen molar-refractivity contribution in [3.63, 3.8) is 0 Å². The van der Waals surface area contributed by atoms with Crippen LogP contribution in [0.3, 0.4) is 0 Å². The van der Waals surface area contributed by atoms with Crippen molar-refractivity contribution in [1.29, 1.82) is 0 Å². The smallest absolute Gasteiger partial charge is 0.290 e. The Morgan fingerprint density at radius 3 is 2.65 bits per heavy atom. The molecular weight excluding hydrogens is 494 g/mol.